The lowest BCUT2D eigenvalue weighted by Gasteiger charge is -2.17. The van der Waals surface area contributed by atoms with Gasteiger partial charge < -0.3 is 13.9 Å². The minimum absolute atomic E-state index is 0.00470. The summed E-state index contributed by atoms with van der Waals surface area (Å²) in [6.45, 7) is 8.08. The molecule has 2 aromatic carbocycles. The summed E-state index contributed by atoms with van der Waals surface area (Å²) in [6.07, 6.45) is 3.98. The molecule has 0 bridgehead atoms. The molecule has 2 aromatic heterocycles. The van der Waals surface area contributed by atoms with E-state index in [0.717, 1.165) is 33.4 Å². The SMILES string of the molecule is CCOC(=O)Cc1ccc(F)cc1OCc1cc(-c2ccnc(CC[S@@](=O)C(C)(C)C)c2)c2occc2c1. The first-order chi connectivity index (χ1) is 18.1. The molecule has 0 aliphatic heterocycles. The number of hydrogen-bond acceptors (Lipinski definition) is 6. The van der Waals surface area contributed by atoms with Crippen LogP contribution in [0.3, 0.4) is 0 Å². The lowest BCUT2D eigenvalue weighted by molar-refractivity contribution is -0.142. The minimum atomic E-state index is -0.969. The zero-order valence-electron chi connectivity index (χ0n) is 22.1. The molecule has 2 heterocycles. The van der Waals surface area contributed by atoms with Crippen molar-refractivity contribution in [2.45, 2.75) is 51.9 Å². The van der Waals surface area contributed by atoms with Gasteiger partial charge >= 0.3 is 5.97 Å². The van der Waals surface area contributed by atoms with Crippen molar-refractivity contribution in [3.8, 4) is 16.9 Å². The van der Waals surface area contributed by atoms with Crippen molar-refractivity contribution in [3.05, 3.63) is 83.6 Å². The summed E-state index contributed by atoms with van der Waals surface area (Å²) in [7, 11) is -0.969. The average Bonchev–Trinajstić information content (AvgIpc) is 3.35. The van der Waals surface area contributed by atoms with E-state index >= 15 is 0 Å². The van der Waals surface area contributed by atoms with Crippen molar-refractivity contribution >= 4 is 27.7 Å². The van der Waals surface area contributed by atoms with E-state index < -0.39 is 22.6 Å². The second-order valence-corrected chi connectivity index (χ2v) is 12.3. The molecule has 0 saturated heterocycles. The molecule has 8 heteroatoms. The van der Waals surface area contributed by atoms with Gasteiger partial charge in [0.25, 0.3) is 0 Å². The number of halogens is 1. The molecule has 0 radical (unpaired) electrons. The van der Waals surface area contributed by atoms with Gasteiger partial charge in [0.05, 0.1) is 19.3 Å². The number of esters is 1. The van der Waals surface area contributed by atoms with E-state index in [-0.39, 0.29) is 24.4 Å². The molecule has 6 nitrogen and oxygen atoms in total. The van der Waals surface area contributed by atoms with Crippen molar-refractivity contribution in [3.63, 3.8) is 0 Å². The maximum atomic E-state index is 14.0. The summed E-state index contributed by atoms with van der Waals surface area (Å²) >= 11 is 0. The number of benzene rings is 2. The van der Waals surface area contributed by atoms with Crippen LogP contribution >= 0.6 is 0 Å². The summed E-state index contributed by atoms with van der Waals surface area (Å²) < 4.78 is 43.1. The van der Waals surface area contributed by atoms with Crippen LogP contribution in [0.1, 0.15) is 44.5 Å². The van der Waals surface area contributed by atoms with Gasteiger partial charge in [0, 0.05) is 62.2 Å². The Morgan fingerprint density at radius 3 is 2.68 bits per heavy atom. The molecule has 200 valence electrons. The second kappa shape index (κ2) is 11.9. The van der Waals surface area contributed by atoms with Crippen LogP contribution in [0, 0.1) is 5.82 Å². The first kappa shape index (κ1) is 27.5. The average molecular weight is 538 g/mol. The summed E-state index contributed by atoms with van der Waals surface area (Å²) in [5.74, 6) is -0.0164. The second-order valence-electron chi connectivity index (χ2n) is 9.95. The Morgan fingerprint density at radius 1 is 1.11 bits per heavy atom. The van der Waals surface area contributed by atoms with Gasteiger partial charge in [-0.1, -0.05) is 6.07 Å². The Morgan fingerprint density at radius 2 is 1.92 bits per heavy atom. The maximum absolute atomic E-state index is 14.0. The molecular weight excluding hydrogens is 505 g/mol. The Labute approximate surface area is 224 Å². The van der Waals surface area contributed by atoms with Gasteiger partial charge in [-0.15, -0.1) is 0 Å². The fourth-order valence-corrected chi connectivity index (χ4v) is 5.07. The number of carbonyl (C=O) groups is 1. The highest BCUT2D eigenvalue weighted by molar-refractivity contribution is 7.86. The third kappa shape index (κ3) is 6.86. The van der Waals surface area contributed by atoms with Crippen LogP contribution in [-0.4, -0.2) is 32.3 Å². The van der Waals surface area contributed by atoms with Crippen molar-refractivity contribution in [2.75, 3.05) is 12.4 Å². The number of carbonyl (C=O) groups excluding carboxylic acids is 1. The summed E-state index contributed by atoms with van der Waals surface area (Å²) in [6, 6.07) is 13.8. The van der Waals surface area contributed by atoms with Gasteiger partial charge in [-0.3, -0.25) is 14.0 Å². The number of aryl methyl sites for hydroxylation is 1. The van der Waals surface area contributed by atoms with E-state index in [0.29, 0.717) is 23.5 Å². The molecule has 0 N–H and O–H groups in total. The monoisotopic (exact) mass is 537 g/mol. The standard InChI is InChI=1S/C30H32FNO5S/c1-5-35-28(33)17-22-6-7-24(31)18-27(22)37-19-20-14-23-9-12-36-29(23)26(15-20)21-8-11-32-25(16-21)10-13-38(34)30(2,3)4/h6-9,11-12,14-16,18H,5,10,13,17,19H2,1-4H3/t38-/m1/s1. The summed E-state index contributed by atoms with van der Waals surface area (Å²) in [5.41, 5.74) is 4.79. The lowest BCUT2D eigenvalue weighted by atomic mass is 10.0. The predicted octanol–water partition coefficient (Wildman–Crippen LogP) is 6.41. The minimum Gasteiger partial charge on any atom is -0.488 e. The number of nitrogens with zero attached hydrogens (tertiary/aromatic N) is 1. The number of fused-ring (bicyclic) bond motifs is 1. The zero-order chi connectivity index (χ0) is 27.3. The van der Waals surface area contributed by atoms with Gasteiger partial charge in [-0.05, 0) is 75.2 Å². The van der Waals surface area contributed by atoms with Crippen LogP contribution in [0.5, 0.6) is 5.75 Å². The molecular formula is C30H32FNO5S. The molecule has 0 amide bonds. The quantitative estimate of drug-likeness (QED) is 0.218. The van der Waals surface area contributed by atoms with Gasteiger partial charge in [0.2, 0.25) is 0 Å². The number of pyridine rings is 1. The predicted molar refractivity (Wildman–Crippen MR) is 147 cm³/mol. The molecule has 38 heavy (non-hydrogen) atoms. The largest absolute Gasteiger partial charge is 0.488 e. The maximum Gasteiger partial charge on any atom is 0.310 e. The molecule has 0 saturated carbocycles. The highest BCUT2D eigenvalue weighted by Gasteiger charge is 2.19. The molecule has 0 spiro atoms. The molecule has 0 fully saturated rings. The first-order valence-corrected chi connectivity index (χ1v) is 13.9. The fourth-order valence-electron chi connectivity index (χ4n) is 4.07. The zero-order valence-corrected chi connectivity index (χ0v) is 22.9. The number of ether oxygens (including phenoxy) is 2. The number of aromatic nitrogens is 1. The van der Waals surface area contributed by atoms with Crippen molar-refractivity contribution < 1.29 is 27.3 Å². The van der Waals surface area contributed by atoms with Crippen molar-refractivity contribution in [1.29, 1.82) is 0 Å². The van der Waals surface area contributed by atoms with E-state index in [4.69, 9.17) is 13.9 Å². The third-order valence-corrected chi connectivity index (χ3v) is 7.97. The van der Waals surface area contributed by atoms with Crippen molar-refractivity contribution in [1.82, 2.24) is 4.98 Å². The van der Waals surface area contributed by atoms with Crippen LogP contribution in [0.15, 0.2) is 65.4 Å². The van der Waals surface area contributed by atoms with Crippen LogP contribution < -0.4 is 4.74 Å². The van der Waals surface area contributed by atoms with Crippen LogP contribution in [-0.2, 0) is 39.8 Å². The number of rotatable bonds is 10. The molecule has 0 unspecified atom stereocenters. The Hall–Kier alpha value is -3.52. The van der Waals surface area contributed by atoms with E-state index in [1.54, 1.807) is 19.4 Å². The normalized spacial score (nSPS) is 12.4. The molecule has 1 atom stereocenters. The first-order valence-electron chi connectivity index (χ1n) is 12.5. The topological polar surface area (TPSA) is 78.6 Å². The highest BCUT2D eigenvalue weighted by Crippen LogP contribution is 2.32. The van der Waals surface area contributed by atoms with Gasteiger partial charge in [0.15, 0.2) is 0 Å². The van der Waals surface area contributed by atoms with Crippen LogP contribution in [0.2, 0.25) is 0 Å². The fraction of sp³-hybridized carbons (Fsp3) is 0.333. The Kier molecular flexibility index (Phi) is 8.62. The van der Waals surface area contributed by atoms with Gasteiger partial charge in [-0.2, -0.15) is 0 Å². The van der Waals surface area contributed by atoms with Gasteiger partial charge in [0.1, 0.15) is 23.8 Å². The Bertz CT molecular complexity index is 1460. The van der Waals surface area contributed by atoms with E-state index in [1.165, 1.54) is 18.2 Å². The summed E-state index contributed by atoms with van der Waals surface area (Å²) in [4.78, 5) is 16.5. The van der Waals surface area contributed by atoms with Crippen LogP contribution in [0.4, 0.5) is 4.39 Å². The summed E-state index contributed by atoms with van der Waals surface area (Å²) in [5, 5.41) is 0.902. The molecule has 4 rings (SSSR count). The van der Waals surface area contributed by atoms with Crippen LogP contribution in [0.25, 0.3) is 22.1 Å². The lowest BCUT2D eigenvalue weighted by Crippen LogP contribution is -2.25. The Balaban J connectivity index is 1.58. The third-order valence-electron chi connectivity index (χ3n) is 6.03. The molecule has 0 aliphatic rings. The molecule has 4 aromatic rings. The molecule has 0 aliphatic carbocycles. The van der Waals surface area contributed by atoms with E-state index in [9.17, 15) is 13.4 Å². The van der Waals surface area contributed by atoms with Gasteiger partial charge in [-0.25, -0.2) is 4.39 Å². The number of furan rings is 1. The number of hydrogen-bond donors (Lipinski definition) is 0. The van der Waals surface area contributed by atoms with E-state index in [1.807, 2.05) is 51.1 Å². The highest BCUT2D eigenvalue weighted by atomic mass is 32.2. The van der Waals surface area contributed by atoms with Crippen molar-refractivity contribution in [2.24, 2.45) is 0 Å². The smallest absolute Gasteiger partial charge is 0.310 e. The van der Waals surface area contributed by atoms with E-state index in [2.05, 4.69) is 4.98 Å².